The molecule has 98 valence electrons. The topological polar surface area (TPSA) is 95.9 Å². The standard InChI is InChI=1S/C12H15NO5/c1-18-9-4-2-8(3-5-9)6-10(12(16)17)13-7-11(14)15/h2-5,10,13H,6-7H2,1H3,(H,14,15)(H,16,17)/t10-/m0/s1. The van der Waals surface area contributed by atoms with Crippen LogP contribution in [-0.4, -0.2) is 41.8 Å². The lowest BCUT2D eigenvalue weighted by Crippen LogP contribution is -2.41. The fourth-order valence-electron chi connectivity index (χ4n) is 1.45. The smallest absolute Gasteiger partial charge is 0.321 e. The van der Waals surface area contributed by atoms with Gasteiger partial charge in [0.15, 0.2) is 0 Å². The number of carboxylic acid groups (broad SMARTS) is 2. The van der Waals surface area contributed by atoms with Crippen LogP contribution < -0.4 is 10.1 Å². The van der Waals surface area contributed by atoms with Gasteiger partial charge in [-0.05, 0) is 24.1 Å². The van der Waals surface area contributed by atoms with Crippen LogP contribution in [-0.2, 0) is 16.0 Å². The van der Waals surface area contributed by atoms with E-state index in [4.69, 9.17) is 14.9 Å². The van der Waals surface area contributed by atoms with Gasteiger partial charge in [-0.15, -0.1) is 0 Å². The fourth-order valence-corrected chi connectivity index (χ4v) is 1.45. The Labute approximate surface area is 104 Å². The molecule has 0 spiro atoms. The Morgan fingerprint density at radius 2 is 1.89 bits per heavy atom. The maximum absolute atomic E-state index is 11.0. The SMILES string of the molecule is COc1ccc(C[C@H](NCC(=O)O)C(=O)O)cc1. The van der Waals surface area contributed by atoms with Gasteiger partial charge in [0, 0.05) is 0 Å². The van der Waals surface area contributed by atoms with Crippen molar-refractivity contribution in [1.82, 2.24) is 5.32 Å². The summed E-state index contributed by atoms with van der Waals surface area (Å²) in [6.07, 6.45) is 0.215. The van der Waals surface area contributed by atoms with Crippen molar-refractivity contribution >= 4 is 11.9 Å². The van der Waals surface area contributed by atoms with Crippen LogP contribution in [0.4, 0.5) is 0 Å². The van der Waals surface area contributed by atoms with Crippen molar-refractivity contribution in [2.24, 2.45) is 0 Å². The zero-order valence-corrected chi connectivity index (χ0v) is 9.92. The van der Waals surface area contributed by atoms with Crippen LogP contribution in [0.3, 0.4) is 0 Å². The maximum Gasteiger partial charge on any atom is 0.321 e. The average Bonchev–Trinajstić information content (AvgIpc) is 2.34. The lowest BCUT2D eigenvalue weighted by molar-refractivity contribution is -0.140. The van der Waals surface area contributed by atoms with Crippen LogP contribution in [0.2, 0.25) is 0 Å². The number of nitrogens with one attached hydrogen (secondary N) is 1. The van der Waals surface area contributed by atoms with Crippen LogP contribution in [0.5, 0.6) is 5.75 Å². The largest absolute Gasteiger partial charge is 0.497 e. The van der Waals surface area contributed by atoms with Gasteiger partial charge in [0.05, 0.1) is 13.7 Å². The molecule has 0 unspecified atom stereocenters. The van der Waals surface area contributed by atoms with Crippen molar-refractivity contribution in [3.63, 3.8) is 0 Å². The molecule has 0 bridgehead atoms. The second-order valence-electron chi connectivity index (χ2n) is 3.72. The molecule has 6 heteroatoms. The lowest BCUT2D eigenvalue weighted by atomic mass is 10.1. The van der Waals surface area contributed by atoms with Gasteiger partial charge in [0.2, 0.25) is 0 Å². The first-order valence-corrected chi connectivity index (χ1v) is 5.34. The first-order chi connectivity index (χ1) is 8.52. The second kappa shape index (κ2) is 6.61. The highest BCUT2D eigenvalue weighted by Crippen LogP contribution is 2.12. The highest BCUT2D eigenvalue weighted by molar-refractivity contribution is 5.75. The minimum absolute atomic E-state index is 0.215. The molecule has 18 heavy (non-hydrogen) atoms. The summed E-state index contributed by atoms with van der Waals surface area (Å²) in [5, 5.41) is 19.9. The van der Waals surface area contributed by atoms with Crippen molar-refractivity contribution in [2.45, 2.75) is 12.5 Å². The molecule has 0 aliphatic rings. The van der Waals surface area contributed by atoms with Crippen LogP contribution in [0.25, 0.3) is 0 Å². The third kappa shape index (κ3) is 4.42. The van der Waals surface area contributed by atoms with Crippen LogP contribution >= 0.6 is 0 Å². The Morgan fingerprint density at radius 1 is 1.28 bits per heavy atom. The fraction of sp³-hybridized carbons (Fsp3) is 0.333. The summed E-state index contributed by atoms with van der Waals surface area (Å²) in [5.41, 5.74) is 0.793. The van der Waals surface area contributed by atoms with Crippen molar-refractivity contribution in [3.8, 4) is 5.75 Å². The highest BCUT2D eigenvalue weighted by Gasteiger charge is 2.18. The van der Waals surface area contributed by atoms with E-state index in [2.05, 4.69) is 5.32 Å². The number of ether oxygens (including phenoxy) is 1. The van der Waals surface area contributed by atoms with E-state index < -0.39 is 18.0 Å². The molecule has 0 radical (unpaired) electrons. The Kier molecular flexibility index (Phi) is 5.13. The monoisotopic (exact) mass is 253 g/mol. The average molecular weight is 253 g/mol. The number of rotatable bonds is 7. The number of methoxy groups -OCH3 is 1. The van der Waals surface area contributed by atoms with Gasteiger partial charge in [-0.25, -0.2) is 0 Å². The Morgan fingerprint density at radius 3 is 2.33 bits per heavy atom. The number of carboxylic acids is 2. The van der Waals surface area contributed by atoms with E-state index in [9.17, 15) is 9.59 Å². The van der Waals surface area contributed by atoms with Gasteiger partial charge in [0.1, 0.15) is 11.8 Å². The molecule has 1 aromatic rings. The molecule has 0 amide bonds. The van der Waals surface area contributed by atoms with E-state index in [-0.39, 0.29) is 13.0 Å². The number of hydrogen-bond donors (Lipinski definition) is 3. The van der Waals surface area contributed by atoms with E-state index in [1.807, 2.05) is 0 Å². The number of carbonyl (C=O) groups is 2. The van der Waals surface area contributed by atoms with Crippen LogP contribution in [0.1, 0.15) is 5.56 Å². The molecule has 0 saturated carbocycles. The third-order valence-corrected chi connectivity index (χ3v) is 2.40. The van der Waals surface area contributed by atoms with Gasteiger partial charge in [-0.2, -0.15) is 0 Å². The van der Waals surface area contributed by atoms with E-state index in [1.165, 1.54) is 0 Å². The molecule has 6 nitrogen and oxygen atoms in total. The Hall–Kier alpha value is -2.08. The van der Waals surface area contributed by atoms with E-state index in [1.54, 1.807) is 31.4 Å². The number of benzene rings is 1. The number of hydrogen-bond acceptors (Lipinski definition) is 4. The summed E-state index contributed by atoms with van der Waals surface area (Å²) in [5.74, 6) is -1.48. The molecular weight excluding hydrogens is 238 g/mol. The molecule has 1 rings (SSSR count). The zero-order chi connectivity index (χ0) is 13.5. The minimum Gasteiger partial charge on any atom is -0.497 e. The van der Waals surface area contributed by atoms with Gasteiger partial charge in [0.25, 0.3) is 0 Å². The first kappa shape index (κ1) is 14.0. The molecule has 0 aromatic heterocycles. The number of aliphatic carboxylic acids is 2. The van der Waals surface area contributed by atoms with Gasteiger partial charge in [-0.1, -0.05) is 12.1 Å². The summed E-state index contributed by atoms with van der Waals surface area (Å²) < 4.78 is 4.99. The molecule has 3 N–H and O–H groups in total. The van der Waals surface area contributed by atoms with E-state index in [0.717, 1.165) is 5.56 Å². The first-order valence-electron chi connectivity index (χ1n) is 5.34. The quantitative estimate of drug-likeness (QED) is 0.649. The lowest BCUT2D eigenvalue weighted by Gasteiger charge is -2.13. The summed E-state index contributed by atoms with van der Waals surface area (Å²) >= 11 is 0. The molecule has 1 aromatic carbocycles. The maximum atomic E-state index is 11.0. The molecule has 1 atom stereocenters. The molecular formula is C12H15NO5. The predicted molar refractivity (Wildman–Crippen MR) is 63.8 cm³/mol. The van der Waals surface area contributed by atoms with Gasteiger partial charge >= 0.3 is 11.9 Å². The molecule has 0 aliphatic heterocycles. The molecule has 0 fully saturated rings. The third-order valence-electron chi connectivity index (χ3n) is 2.40. The van der Waals surface area contributed by atoms with Gasteiger partial charge in [-0.3, -0.25) is 14.9 Å². The summed E-state index contributed by atoms with van der Waals surface area (Å²) in [4.78, 5) is 21.3. The highest BCUT2D eigenvalue weighted by atomic mass is 16.5. The Bertz CT molecular complexity index is 415. The Balaban J connectivity index is 2.64. The van der Waals surface area contributed by atoms with Crippen LogP contribution in [0.15, 0.2) is 24.3 Å². The predicted octanol–water partition coefficient (Wildman–Crippen LogP) is 0.365. The van der Waals surface area contributed by atoms with Crippen molar-refractivity contribution < 1.29 is 24.5 Å². The molecule has 0 saturated heterocycles. The summed E-state index contributed by atoms with van der Waals surface area (Å²) in [7, 11) is 1.55. The molecule has 0 aliphatic carbocycles. The molecule has 0 heterocycles. The zero-order valence-electron chi connectivity index (χ0n) is 9.92. The van der Waals surface area contributed by atoms with E-state index in [0.29, 0.717) is 5.75 Å². The normalized spacial score (nSPS) is 11.8. The van der Waals surface area contributed by atoms with Crippen molar-refractivity contribution in [3.05, 3.63) is 29.8 Å². The van der Waals surface area contributed by atoms with Gasteiger partial charge < -0.3 is 14.9 Å². The van der Waals surface area contributed by atoms with E-state index >= 15 is 0 Å². The summed E-state index contributed by atoms with van der Waals surface area (Å²) in [6.45, 7) is -0.382. The minimum atomic E-state index is -1.09. The van der Waals surface area contributed by atoms with Crippen molar-refractivity contribution in [2.75, 3.05) is 13.7 Å². The van der Waals surface area contributed by atoms with Crippen molar-refractivity contribution in [1.29, 1.82) is 0 Å². The second-order valence-corrected chi connectivity index (χ2v) is 3.72. The van der Waals surface area contributed by atoms with Crippen LogP contribution in [0, 0.1) is 0 Å². The summed E-state index contributed by atoms with van der Waals surface area (Å²) in [6, 6.07) is 6.03.